The molecule has 4 N–H and O–H groups in total. The summed E-state index contributed by atoms with van der Waals surface area (Å²) in [4.78, 5) is 74.7. The highest BCUT2D eigenvalue weighted by Gasteiger charge is 2.47. The Hall–Kier alpha value is -5.74. The zero-order valence-corrected chi connectivity index (χ0v) is 40.2. The molecule has 5 aliphatic rings. The minimum atomic E-state index is -0.719. The Bertz CT molecular complexity index is 2400. The molecule has 0 bridgehead atoms. The molecule has 4 amide bonds. The number of likely N-dealkylation sites (tertiary alicyclic amines) is 2. The van der Waals surface area contributed by atoms with Crippen molar-refractivity contribution in [2.75, 3.05) is 20.8 Å². The number of hydrogen-bond donors (Lipinski definition) is 4. The summed E-state index contributed by atoms with van der Waals surface area (Å²) < 4.78 is 22.2. The summed E-state index contributed by atoms with van der Waals surface area (Å²) in [6, 6.07) is 14.7. The maximum Gasteiger partial charge on any atom is 0.407 e. The fraction of sp³-hybridized carbons (Fsp3) is 0.577. The van der Waals surface area contributed by atoms with E-state index in [0.29, 0.717) is 31.8 Å². The maximum absolute atomic E-state index is 14.6. The van der Waals surface area contributed by atoms with Crippen LogP contribution in [0.1, 0.15) is 122 Å². The molecule has 5 fully saturated rings. The number of aromatic nitrogens is 4. The molecule has 2 aromatic carbocycles. The lowest BCUT2D eigenvalue weighted by Gasteiger charge is -2.40. The number of aromatic amines is 2. The van der Waals surface area contributed by atoms with Crippen LogP contribution in [0.15, 0.2) is 60.9 Å². The van der Waals surface area contributed by atoms with Gasteiger partial charge in [-0.25, -0.2) is 19.6 Å². The van der Waals surface area contributed by atoms with Crippen LogP contribution in [0.3, 0.4) is 0 Å². The largest absolute Gasteiger partial charge is 0.453 e. The van der Waals surface area contributed by atoms with Crippen LogP contribution in [0.2, 0.25) is 0 Å². The molecule has 16 heteroatoms. The van der Waals surface area contributed by atoms with E-state index in [0.717, 1.165) is 96.7 Å². The Morgan fingerprint density at radius 1 is 0.662 bits per heavy atom. The third-order valence-electron chi connectivity index (χ3n) is 15.4. The van der Waals surface area contributed by atoms with Crippen LogP contribution in [-0.4, -0.2) is 117 Å². The van der Waals surface area contributed by atoms with Gasteiger partial charge in [0.25, 0.3) is 0 Å². The second kappa shape index (κ2) is 20.5. The summed E-state index contributed by atoms with van der Waals surface area (Å²) in [7, 11) is 2.65. The van der Waals surface area contributed by atoms with Gasteiger partial charge >= 0.3 is 12.2 Å². The monoisotopic (exact) mass is 933 g/mol. The van der Waals surface area contributed by atoms with E-state index in [1.54, 1.807) is 0 Å². The molecule has 16 nitrogen and oxygen atoms in total. The Morgan fingerprint density at radius 3 is 1.62 bits per heavy atom. The molecule has 68 heavy (non-hydrogen) atoms. The average Bonchev–Trinajstić information content (AvgIpc) is 3.64. The number of benzene rings is 2. The molecule has 9 rings (SSSR count). The van der Waals surface area contributed by atoms with Crippen LogP contribution in [0.5, 0.6) is 0 Å². The highest BCUT2D eigenvalue weighted by atomic mass is 16.5. The van der Waals surface area contributed by atoms with Gasteiger partial charge in [-0.05, 0) is 131 Å². The number of carbonyl (C=O) groups excluding carboxylic acids is 4. The highest BCUT2D eigenvalue weighted by Crippen LogP contribution is 2.44. The van der Waals surface area contributed by atoms with Gasteiger partial charge in [-0.3, -0.25) is 9.59 Å². The van der Waals surface area contributed by atoms with E-state index in [2.05, 4.69) is 96.8 Å². The number of nitrogens with one attached hydrogen (secondary N) is 4. The summed E-state index contributed by atoms with van der Waals surface area (Å²) in [5, 5.41) is 5.82. The molecule has 4 aliphatic heterocycles. The third kappa shape index (κ3) is 10.0. The van der Waals surface area contributed by atoms with Gasteiger partial charge < -0.3 is 49.3 Å². The number of imidazole rings is 2. The smallest absolute Gasteiger partial charge is 0.407 e. The van der Waals surface area contributed by atoms with Crippen molar-refractivity contribution in [3.05, 3.63) is 72.6 Å². The van der Waals surface area contributed by atoms with E-state index in [-0.39, 0.29) is 66.1 Å². The Balaban J connectivity index is 0.861. The quantitative estimate of drug-likeness (QED) is 0.101. The molecule has 1 saturated carbocycles. The first-order valence-corrected chi connectivity index (χ1v) is 24.8. The molecule has 6 heterocycles. The number of methoxy groups -OCH3 is 2. The summed E-state index contributed by atoms with van der Waals surface area (Å²) in [5.74, 6) is 1.65. The molecular formula is C52H68N8O8. The van der Waals surface area contributed by atoms with Crippen molar-refractivity contribution >= 4 is 24.0 Å². The number of rotatable bonds is 13. The van der Waals surface area contributed by atoms with Crippen LogP contribution in [0, 0.1) is 17.8 Å². The predicted molar refractivity (Wildman–Crippen MR) is 255 cm³/mol. The number of carbonyl (C=O) groups is 4. The molecule has 2 aromatic heterocycles. The minimum Gasteiger partial charge on any atom is -0.453 e. The fourth-order valence-electron chi connectivity index (χ4n) is 11.5. The van der Waals surface area contributed by atoms with E-state index in [1.807, 2.05) is 22.2 Å². The number of nitrogens with zero attached hydrogens (tertiary/aromatic N) is 4. The maximum atomic E-state index is 14.6. The molecule has 0 unspecified atom stereocenters. The summed E-state index contributed by atoms with van der Waals surface area (Å²) in [6.45, 7) is 8.82. The minimum absolute atomic E-state index is 0.00460. The topological polar surface area (TPSA) is 193 Å². The van der Waals surface area contributed by atoms with Gasteiger partial charge in [0.2, 0.25) is 11.8 Å². The average molecular weight is 933 g/mol. The molecule has 11 atom stereocenters. The molecule has 364 valence electrons. The standard InChI is InChI=1S/C52H68N8O8/c1-7-39-25-37(22-23-67-39)45(57-51(63)65-5)49(61)59-29(2)8-20-42(59)47-53-27-40(55-47)34-14-10-32(11-15-34)33-12-16-35(17-13-33)41-28-54-48(56-41)43-21-9-30(3)60(43)50(62)46(58-52(64)66-6)38-24-31(4)68-44(26-38)36-18-19-36/h10-17,27-31,36-39,42-46H,7-9,18-26H2,1-6H3,(H,53,55)(H,54,56)(H,57,63)(H,58,64)/t29-,30-,31+,37-,38-,39+,42-,43-,44-,45-,46-/m0/s1. The van der Waals surface area contributed by atoms with E-state index >= 15 is 0 Å². The lowest BCUT2D eigenvalue weighted by molar-refractivity contribution is -0.141. The predicted octanol–water partition coefficient (Wildman–Crippen LogP) is 8.49. The third-order valence-corrected chi connectivity index (χ3v) is 15.4. The fourth-order valence-corrected chi connectivity index (χ4v) is 11.5. The van der Waals surface area contributed by atoms with Gasteiger partial charge in [-0.2, -0.15) is 0 Å². The van der Waals surface area contributed by atoms with E-state index in [4.69, 9.17) is 28.9 Å². The van der Waals surface area contributed by atoms with E-state index < -0.39 is 24.3 Å². The van der Waals surface area contributed by atoms with Crippen molar-refractivity contribution < 1.29 is 38.1 Å². The van der Waals surface area contributed by atoms with Crippen molar-refractivity contribution in [1.82, 2.24) is 40.4 Å². The van der Waals surface area contributed by atoms with Crippen LogP contribution in [0.25, 0.3) is 33.6 Å². The van der Waals surface area contributed by atoms with Crippen molar-refractivity contribution in [3.8, 4) is 33.6 Å². The lowest BCUT2D eigenvalue weighted by Crippen LogP contribution is -2.55. The Labute approximate surface area is 399 Å². The van der Waals surface area contributed by atoms with Crippen LogP contribution in [-0.2, 0) is 28.5 Å². The second-order valence-corrected chi connectivity index (χ2v) is 19.9. The van der Waals surface area contributed by atoms with Crippen LogP contribution >= 0.6 is 0 Å². The van der Waals surface area contributed by atoms with Gasteiger partial charge in [-0.1, -0.05) is 55.5 Å². The van der Waals surface area contributed by atoms with Crippen molar-refractivity contribution in [2.24, 2.45) is 17.8 Å². The molecule has 1 aliphatic carbocycles. The summed E-state index contributed by atoms with van der Waals surface area (Å²) in [5.41, 5.74) is 5.78. The Kier molecular flexibility index (Phi) is 14.2. The zero-order chi connectivity index (χ0) is 47.6. The van der Waals surface area contributed by atoms with Crippen molar-refractivity contribution in [2.45, 2.75) is 153 Å². The van der Waals surface area contributed by atoms with Crippen LogP contribution < -0.4 is 10.6 Å². The first-order valence-electron chi connectivity index (χ1n) is 24.8. The molecule has 0 spiro atoms. The SMILES string of the molecule is CC[C@@H]1C[C@@H]([C@H](NC(=O)OC)C(=O)N2[C@@H](C)CC[C@H]2c2ncc(-c3ccc(-c4ccc(-c5cnc([C@@H]6CC[C@H](C)N6C(=O)[C@@H](NC(=O)OC)[C@H]6C[C@@H](C)O[C@H](C7CC7)C6)[nH]5)cc4)cc3)[nH]2)CCO1. The summed E-state index contributed by atoms with van der Waals surface area (Å²) in [6.07, 6.45) is 11.7. The Morgan fingerprint density at radius 2 is 1.15 bits per heavy atom. The molecular weight excluding hydrogens is 865 g/mol. The van der Waals surface area contributed by atoms with Crippen LogP contribution in [0.4, 0.5) is 9.59 Å². The molecule has 4 saturated heterocycles. The van der Waals surface area contributed by atoms with Gasteiger partial charge in [-0.15, -0.1) is 0 Å². The van der Waals surface area contributed by atoms with Gasteiger partial charge in [0, 0.05) is 18.7 Å². The molecule has 4 aromatic rings. The lowest BCUT2D eigenvalue weighted by atomic mass is 9.83. The number of hydrogen-bond acceptors (Lipinski definition) is 10. The van der Waals surface area contributed by atoms with Gasteiger partial charge in [0.15, 0.2) is 0 Å². The number of amides is 4. The summed E-state index contributed by atoms with van der Waals surface area (Å²) >= 11 is 0. The highest BCUT2D eigenvalue weighted by molar-refractivity contribution is 5.88. The first kappa shape index (κ1) is 47.3. The van der Waals surface area contributed by atoms with Gasteiger partial charge in [0.1, 0.15) is 23.7 Å². The number of H-pyrrole nitrogens is 2. The van der Waals surface area contributed by atoms with Crippen molar-refractivity contribution in [3.63, 3.8) is 0 Å². The van der Waals surface area contributed by atoms with Crippen molar-refractivity contribution in [1.29, 1.82) is 0 Å². The first-order chi connectivity index (χ1) is 32.9. The zero-order valence-electron chi connectivity index (χ0n) is 40.2. The number of ether oxygens (including phenoxy) is 4. The van der Waals surface area contributed by atoms with E-state index in [1.165, 1.54) is 14.2 Å². The normalized spacial score (nSPS) is 28.2. The number of alkyl carbamates (subject to hydrolysis) is 2. The van der Waals surface area contributed by atoms with E-state index in [9.17, 15) is 19.2 Å². The van der Waals surface area contributed by atoms with Gasteiger partial charge in [0.05, 0.1) is 68.4 Å². The molecule has 0 radical (unpaired) electrons. The second-order valence-electron chi connectivity index (χ2n) is 19.9.